The van der Waals surface area contributed by atoms with E-state index < -0.39 is 0 Å². The van der Waals surface area contributed by atoms with E-state index in [4.69, 9.17) is 16.3 Å². The number of halogens is 1. The zero-order valence-corrected chi connectivity index (χ0v) is 10.7. The Hall–Kier alpha value is -1.07. The number of nitrogens with one attached hydrogen (secondary N) is 1. The number of nitrogens with zero attached hydrogens (tertiary/aromatic N) is 3. The Kier molecular flexibility index (Phi) is 4.76. The van der Waals surface area contributed by atoms with Crippen molar-refractivity contribution in [3.63, 3.8) is 0 Å². The summed E-state index contributed by atoms with van der Waals surface area (Å²) in [5.41, 5.74) is 0. The standard InChI is InChI=1S/C10H17ClN4O/c1-7(6-15(2)3)13-9-8(11)5-12-10(14-9)16-4/h5,7H,6H2,1-4H3,(H,12,13,14). The molecule has 1 rings (SSSR count). The lowest BCUT2D eigenvalue weighted by Crippen LogP contribution is -2.30. The van der Waals surface area contributed by atoms with Crippen LogP contribution in [-0.4, -0.2) is 48.7 Å². The first kappa shape index (κ1) is 13.0. The largest absolute Gasteiger partial charge is 0.467 e. The van der Waals surface area contributed by atoms with E-state index in [9.17, 15) is 0 Å². The summed E-state index contributed by atoms with van der Waals surface area (Å²) in [5.74, 6) is 0.600. The van der Waals surface area contributed by atoms with E-state index >= 15 is 0 Å². The van der Waals surface area contributed by atoms with Crippen molar-refractivity contribution in [1.29, 1.82) is 0 Å². The maximum Gasteiger partial charge on any atom is 0.318 e. The fourth-order valence-corrected chi connectivity index (χ4v) is 1.52. The number of ether oxygens (including phenoxy) is 1. The molecule has 0 aliphatic heterocycles. The van der Waals surface area contributed by atoms with Crippen molar-refractivity contribution in [3.05, 3.63) is 11.2 Å². The monoisotopic (exact) mass is 244 g/mol. The van der Waals surface area contributed by atoms with Crippen LogP contribution in [0, 0.1) is 0 Å². The molecule has 1 aromatic rings. The molecule has 1 aromatic heterocycles. The van der Waals surface area contributed by atoms with Crippen LogP contribution in [-0.2, 0) is 0 Å². The SMILES string of the molecule is COc1ncc(Cl)c(NC(C)CN(C)C)n1. The normalized spacial score (nSPS) is 12.6. The molecule has 0 amide bonds. The lowest BCUT2D eigenvalue weighted by molar-refractivity contribution is 0.378. The Bertz CT molecular complexity index is 346. The summed E-state index contributed by atoms with van der Waals surface area (Å²) < 4.78 is 4.94. The number of anilines is 1. The minimum Gasteiger partial charge on any atom is -0.467 e. The van der Waals surface area contributed by atoms with Gasteiger partial charge in [0.05, 0.1) is 13.3 Å². The highest BCUT2D eigenvalue weighted by Gasteiger charge is 2.09. The molecule has 0 aliphatic rings. The van der Waals surface area contributed by atoms with Crippen LogP contribution in [0.15, 0.2) is 6.20 Å². The summed E-state index contributed by atoms with van der Waals surface area (Å²) in [7, 11) is 5.55. The van der Waals surface area contributed by atoms with Crippen molar-refractivity contribution in [3.8, 4) is 6.01 Å². The molecule has 0 bridgehead atoms. The number of hydrogen-bond donors (Lipinski definition) is 1. The van der Waals surface area contributed by atoms with Gasteiger partial charge in [0.1, 0.15) is 5.02 Å². The second-order valence-electron chi connectivity index (χ2n) is 3.86. The predicted octanol–water partition coefficient (Wildman–Crippen LogP) is 1.50. The number of hydrogen-bond acceptors (Lipinski definition) is 5. The third kappa shape index (κ3) is 3.83. The van der Waals surface area contributed by atoms with Crippen molar-refractivity contribution >= 4 is 17.4 Å². The van der Waals surface area contributed by atoms with E-state index in [0.717, 1.165) is 6.54 Å². The zero-order valence-electron chi connectivity index (χ0n) is 9.99. The quantitative estimate of drug-likeness (QED) is 0.851. The van der Waals surface area contributed by atoms with Crippen LogP contribution in [0.4, 0.5) is 5.82 Å². The topological polar surface area (TPSA) is 50.3 Å². The van der Waals surface area contributed by atoms with Gasteiger partial charge in [-0.05, 0) is 21.0 Å². The highest BCUT2D eigenvalue weighted by atomic mass is 35.5. The van der Waals surface area contributed by atoms with E-state index in [1.807, 2.05) is 14.1 Å². The summed E-state index contributed by atoms with van der Waals surface area (Å²) in [6.45, 7) is 2.95. The number of rotatable bonds is 5. The first-order valence-corrected chi connectivity index (χ1v) is 5.38. The predicted molar refractivity (Wildman–Crippen MR) is 65.2 cm³/mol. The highest BCUT2D eigenvalue weighted by Crippen LogP contribution is 2.20. The van der Waals surface area contributed by atoms with E-state index in [1.165, 1.54) is 13.3 Å². The van der Waals surface area contributed by atoms with Gasteiger partial charge in [0.25, 0.3) is 0 Å². The maximum atomic E-state index is 5.98. The van der Waals surface area contributed by atoms with Gasteiger partial charge in [0.15, 0.2) is 5.82 Å². The Labute approximate surface area is 101 Å². The van der Waals surface area contributed by atoms with Crippen LogP contribution in [0.5, 0.6) is 6.01 Å². The van der Waals surface area contributed by atoms with Gasteiger partial charge in [-0.1, -0.05) is 11.6 Å². The van der Waals surface area contributed by atoms with Gasteiger partial charge >= 0.3 is 6.01 Å². The van der Waals surface area contributed by atoms with Crippen LogP contribution in [0.3, 0.4) is 0 Å². The maximum absolute atomic E-state index is 5.98. The Morgan fingerprint density at radius 1 is 1.56 bits per heavy atom. The van der Waals surface area contributed by atoms with Crippen LogP contribution in [0.25, 0.3) is 0 Å². The van der Waals surface area contributed by atoms with Crippen LogP contribution in [0.1, 0.15) is 6.92 Å². The number of likely N-dealkylation sites (N-methyl/N-ethyl adjacent to an activating group) is 1. The molecule has 5 nitrogen and oxygen atoms in total. The molecular formula is C10H17ClN4O. The van der Waals surface area contributed by atoms with E-state index in [-0.39, 0.29) is 6.04 Å². The van der Waals surface area contributed by atoms with Crippen LogP contribution in [0.2, 0.25) is 5.02 Å². The number of aromatic nitrogens is 2. The van der Waals surface area contributed by atoms with Crippen LogP contribution < -0.4 is 10.1 Å². The average molecular weight is 245 g/mol. The van der Waals surface area contributed by atoms with Gasteiger partial charge in [-0.3, -0.25) is 0 Å². The highest BCUT2D eigenvalue weighted by molar-refractivity contribution is 6.32. The van der Waals surface area contributed by atoms with E-state index in [1.54, 1.807) is 0 Å². The van der Waals surface area contributed by atoms with Gasteiger partial charge in [-0.25, -0.2) is 4.98 Å². The molecule has 1 N–H and O–H groups in total. The lowest BCUT2D eigenvalue weighted by Gasteiger charge is -2.19. The minimum atomic E-state index is 0.243. The molecule has 0 aromatic carbocycles. The molecule has 16 heavy (non-hydrogen) atoms. The second kappa shape index (κ2) is 5.86. The van der Waals surface area contributed by atoms with Crippen molar-refractivity contribution < 1.29 is 4.74 Å². The smallest absolute Gasteiger partial charge is 0.318 e. The van der Waals surface area contributed by atoms with Gasteiger partial charge in [-0.2, -0.15) is 4.98 Å². The summed E-state index contributed by atoms with van der Waals surface area (Å²) in [4.78, 5) is 10.1. The molecule has 90 valence electrons. The lowest BCUT2D eigenvalue weighted by atomic mass is 10.3. The molecule has 1 atom stereocenters. The van der Waals surface area contributed by atoms with Crippen molar-refractivity contribution in [1.82, 2.24) is 14.9 Å². The molecule has 6 heteroatoms. The molecule has 0 fully saturated rings. The van der Waals surface area contributed by atoms with Gasteiger partial charge in [0, 0.05) is 12.6 Å². The van der Waals surface area contributed by atoms with E-state index in [0.29, 0.717) is 16.9 Å². The molecule has 1 unspecified atom stereocenters. The van der Waals surface area contributed by atoms with E-state index in [2.05, 4.69) is 27.1 Å². The van der Waals surface area contributed by atoms with Gasteiger partial charge < -0.3 is 15.0 Å². The summed E-state index contributed by atoms with van der Waals surface area (Å²) in [6.07, 6.45) is 1.53. The Morgan fingerprint density at radius 3 is 2.81 bits per heavy atom. The average Bonchev–Trinajstić information content (AvgIpc) is 2.20. The minimum absolute atomic E-state index is 0.243. The molecule has 0 saturated heterocycles. The molecule has 1 heterocycles. The fraction of sp³-hybridized carbons (Fsp3) is 0.600. The number of methoxy groups -OCH3 is 1. The molecule has 0 radical (unpaired) electrons. The Morgan fingerprint density at radius 2 is 2.25 bits per heavy atom. The Balaban J connectivity index is 2.71. The third-order valence-corrected chi connectivity index (χ3v) is 2.20. The first-order chi connectivity index (χ1) is 7.52. The molecule has 0 spiro atoms. The molecule has 0 saturated carbocycles. The summed E-state index contributed by atoms with van der Waals surface area (Å²) in [6, 6.07) is 0.552. The summed E-state index contributed by atoms with van der Waals surface area (Å²) >= 11 is 5.98. The summed E-state index contributed by atoms with van der Waals surface area (Å²) in [5, 5.41) is 3.70. The van der Waals surface area contributed by atoms with Gasteiger partial charge in [0.2, 0.25) is 0 Å². The molecule has 0 aliphatic carbocycles. The second-order valence-corrected chi connectivity index (χ2v) is 4.27. The van der Waals surface area contributed by atoms with Gasteiger partial charge in [-0.15, -0.1) is 0 Å². The van der Waals surface area contributed by atoms with Crippen molar-refractivity contribution in [2.24, 2.45) is 0 Å². The fourth-order valence-electron chi connectivity index (χ4n) is 1.38. The molecular weight excluding hydrogens is 228 g/mol. The van der Waals surface area contributed by atoms with Crippen LogP contribution >= 0.6 is 11.6 Å². The van der Waals surface area contributed by atoms with Crippen molar-refractivity contribution in [2.45, 2.75) is 13.0 Å². The third-order valence-electron chi connectivity index (χ3n) is 1.93. The zero-order chi connectivity index (χ0) is 12.1. The first-order valence-electron chi connectivity index (χ1n) is 5.00. The van der Waals surface area contributed by atoms with Crippen molar-refractivity contribution in [2.75, 3.05) is 33.1 Å².